The standard InChI is InChI=1S/C15H15N3O6S/c1-9-3-4-10(2)11(5-9)23-8-14(20)24-7-12(19)17-15-16-6-13(25-15)18(21)22/h3-6H,7-8H2,1-2H3,(H,16,17,19). The van der Waals surface area contributed by atoms with Gasteiger partial charge >= 0.3 is 11.0 Å². The summed E-state index contributed by atoms with van der Waals surface area (Å²) in [6.45, 7) is 2.88. The lowest BCUT2D eigenvalue weighted by Gasteiger charge is -2.09. The van der Waals surface area contributed by atoms with Crippen LogP contribution in [0.5, 0.6) is 5.75 Å². The predicted molar refractivity (Wildman–Crippen MR) is 89.8 cm³/mol. The van der Waals surface area contributed by atoms with Crippen molar-refractivity contribution in [2.24, 2.45) is 0 Å². The molecule has 0 spiro atoms. The minimum absolute atomic E-state index is 0.0550. The first kappa shape index (κ1) is 18.3. The topological polar surface area (TPSA) is 121 Å². The zero-order chi connectivity index (χ0) is 18.4. The first-order valence-electron chi connectivity index (χ1n) is 7.11. The van der Waals surface area contributed by atoms with Crippen molar-refractivity contribution in [2.45, 2.75) is 13.8 Å². The van der Waals surface area contributed by atoms with Crippen LogP contribution >= 0.6 is 11.3 Å². The summed E-state index contributed by atoms with van der Waals surface area (Å²) in [5.41, 5.74) is 1.87. The highest BCUT2D eigenvalue weighted by molar-refractivity contribution is 7.18. The van der Waals surface area contributed by atoms with Gasteiger partial charge in [-0.3, -0.25) is 20.2 Å². The fourth-order valence-corrected chi connectivity index (χ4v) is 2.40. The number of carbonyl (C=O) groups is 2. The van der Waals surface area contributed by atoms with E-state index in [2.05, 4.69) is 10.3 Å². The van der Waals surface area contributed by atoms with E-state index in [-0.39, 0.29) is 16.7 Å². The molecule has 0 bridgehead atoms. The second-order valence-electron chi connectivity index (χ2n) is 5.03. The number of esters is 1. The molecule has 10 heteroatoms. The molecule has 1 N–H and O–H groups in total. The van der Waals surface area contributed by atoms with E-state index in [9.17, 15) is 19.7 Å². The molecule has 132 valence electrons. The van der Waals surface area contributed by atoms with Gasteiger partial charge in [0.2, 0.25) is 0 Å². The zero-order valence-corrected chi connectivity index (χ0v) is 14.3. The Morgan fingerprint density at radius 2 is 2.08 bits per heavy atom. The normalized spacial score (nSPS) is 10.2. The number of thiazole rings is 1. The van der Waals surface area contributed by atoms with E-state index >= 15 is 0 Å². The molecular weight excluding hydrogens is 350 g/mol. The third-order valence-corrected chi connectivity index (χ3v) is 3.84. The highest BCUT2D eigenvalue weighted by Crippen LogP contribution is 2.24. The minimum atomic E-state index is -0.707. The molecular formula is C15H15N3O6S. The number of nitrogens with zero attached hydrogens (tertiary/aromatic N) is 2. The predicted octanol–water partition coefficient (Wildman–Crippen LogP) is 2.23. The van der Waals surface area contributed by atoms with Crippen molar-refractivity contribution in [3.63, 3.8) is 0 Å². The Kier molecular flexibility index (Phi) is 6.01. The van der Waals surface area contributed by atoms with Crippen molar-refractivity contribution in [2.75, 3.05) is 18.5 Å². The molecule has 0 fully saturated rings. The van der Waals surface area contributed by atoms with Crippen LogP contribution < -0.4 is 10.1 Å². The fraction of sp³-hybridized carbons (Fsp3) is 0.267. The van der Waals surface area contributed by atoms with E-state index in [0.717, 1.165) is 17.3 Å². The number of carbonyl (C=O) groups excluding carboxylic acids is 2. The first-order chi connectivity index (χ1) is 11.8. The van der Waals surface area contributed by atoms with Gasteiger partial charge in [0.05, 0.1) is 4.92 Å². The van der Waals surface area contributed by atoms with E-state index in [4.69, 9.17) is 9.47 Å². The number of aromatic nitrogens is 1. The van der Waals surface area contributed by atoms with Gasteiger partial charge in [-0.2, -0.15) is 0 Å². The Morgan fingerprint density at radius 3 is 2.76 bits per heavy atom. The molecule has 0 aliphatic carbocycles. The second kappa shape index (κ2) is 8.20. The number of aryl methyl sites for hydroxylation is 2. The molecule has 0 radical (unpaired) electrons. The maximum Gasteiger partial charge on any atom is 0.345 e. The maximum absolute atomic E-state index is 11.6. The molecule has 2 rings (SSSR count). The van der Waals surface area contributed by atoms with Gasteiger partial charge in [-0.25, -0.2) is 9.78 Å². The van der Waals surface area contributed by atoms with Gasteiger partial charge in [0.1, 0.15) is 11.9 Å². The van der Waals surface area contributed by atoms with Crippen LogP contribution in [0.15, 0.2) is 24.4 Å². The van der Waals surface area contributed by atoms with Gasteiger partial charge < -0.3 is 9.47 Å². The fourth-order valence-electron chi connectivity index (χ4n) is 1.75. The molecule has 0 saturated carbocycles. The highest BCUT2D eigenvalue weighted by Gasteiger charge is 2.15. The lowest BCUT2D eigenvalue weighted by Crippen LogP contribution is -2.23. The number of hydrogen-bond donors (Lipinski definition) is 1. The SMILES string of the molecule is Cc1ccc(C)c(OCC(=O)OCC(=O)Nc2ncc([N+](=O)[O-])s2)c1. The highest BCUT2D eigenvalue weighted by atomic mass is 32.1. The molecule has 0 saturated heterocycles. The van der Waals surface area contributed by atoms with Gasteiger partial charge in [-0.15, -0.1) is 0 Å². The lowest BCUT2D eigenvalue weighted by molar-refractivity contribution is -0.380. The molecule has 0 unspecified atom stereocenters. The Hall–Kier alpha value is -3.01. The van der Waals surface area contributed by atoms with Gasteiger partial charge in [-0.05, 0) is 42.4 Å². The Morgan fingerprint density at radius 1 is 1.32 bits per heavy atom. The van der Waals surface area contributed by atoms with Crippen LogP contribution in [0.2, 0.25) is 0 Å². The molecule has 9 nitrogen and oxygen atoms in total. The number of anilines is 1. The summed E-state index contributed by atoms with van der Waals surface area (Å²) in [7, 11) is 0. The Balaban J connectivity index is 1.76. The zero-order valence-electron chi connectivity index (χ0n) is 13.5. The maximum atomic E-state index is 11.6. The van der Waals surface area contributed by atoms with E-state index in [0.29, 0.717) is 17.1 Å². The Labute approximate surface area is 146 Å². The second-order valence-corrected chi connectivity index (χ2v) is 6.04. The molecule has 1 heterocycles. The smallest absolute Gasteiger partial charge is 0.345 e. The van der Waals surface area contributed by atoms with Crippen LogP contribution in [0.1, 0.15) is 11.1 Å². The summed E-state index contributed by atoms with van der Waals surface area (Å²) in [5, 5.41) is 12.7. The summed E-state index contributed by atoms with van der Waals surface area (Å²) in [4.78, 5) is 36.9. The number of nitrogens with one attached hydrogen (secondary N) is 1. The lowest BCUT2D eigenvalue weighted by atomic mass is 10.1. The number of ether oxygens (including phenoxy) is 2. The van der Waals surface area contributed by atoms with Crippen molar-refractivity contribution in [3.8, 4) is 5.75 Å². The van der Waals surface area contributed by atoms with Crippen molar-refractivity contribution >= 4 is 33.3 Å². The van der Waals surface area contributed by atoms with Crippen molar-refractivity contribution in [3.05, 3.63) is 45.6 Å². The molecule has 0 aliphatic rings. The number of benzene rings is 1. The van der Waals surface area contributed by atoms with Gasteiger partial charge in [0.25, 0.3) is 5.91 Å². The summed E-state index contributed by atoms with van der Waals surface area (Å²) in [6, 6.07) is 5.59. The summed E-state index contributed by atoms with van der Waals surface area (Å²) in [5.74, 6) is -0.790. The number of amides is 1. The average molecular weight is 365 g/mol. The summed E-state index contributed by atoms with van der Waals surface area (Å²) < 4.78 is 10.2. The minimum Gasteiger partial charge on any atom is -0.482 e. The largest absolute Gasteiger partial charge is 0.482 e. The quantitative estimate of drug-likeness (QED) is 0.454. The number of rotatable bonds is 7. The van der Waals surface area contributed by atoms with Crippen LogP contribution in [0.25, 0.3) is 0 Å². The molecule has 25 heavy (non-hydrogen) atoms. The third-order valence-electron chi connectivity index (χ3n) is 2.97. The molecule has 2 aromatic rings. The van der Waals surface area contributed by atoms with Crippen LogP contribution in [-0.2, 0) is 14.3 Å². The van der Waals surface area contributed by atoms with Crippen LogP contribution in [0.4, 0.5) is 10.1 Å². The van der Waals surface area contributed by atoms with Gasteiger partial charge in [0.15, 0.2) is 18.3 Å². The van der Waals surface area contributed by atoms with Crippen molar-refractivity contribution in [1.29, 1.82) is 0 Å². The first-order valence-corrected chi connectivity index (χ1v) is 7.92. The Bertz CT molecular complexity index is 804. The molecule has 1 aromatic carbocycles. The third kappa shape index (κ3) is 5.53. The van der Waals surface area contributed by atoms with Crippen molar-refractivity contribution in [1.82, 2.24) is 4.98 Å². The molecule has 0 aliphatic heterocycles. The van der Waals surface area contributed by atoms with E-state index in [1.807, 2.05) is 26.0 Å². The van der Waals surface area contributed by atoms with E-state index in [1.165, 1.54) is 0 Å². The van der Waals surface area contributed by atoms with Crippen LogP contribution in [-0.4, -0.2) is 35.0 Å². The van der Waals surface area contributed by atoms with Gasteiger partial charge in [0, 0.05) is 0 Å². The van der Waals surface area contributed by atoms with Gasteiger partial charge in [-0.1, -0.05) is 12.1 Å². The van der Waals surface area contributed by atoms with Crippen LogP contribution in [0, 0.1) is 24.0 Å². The molecule has 0 atom stereocenters. The molecule has 1 amide bonds. The van der Waals surface area contributed by atoms with Crippen LogP contribution in [0.3, 0.4) is 0 Å². The van der Waals surface area contributed by atoms with E-state index in [1.54, 1.807) is 6.07 Å². The number of nitro groups is 1. The number of hydrogen-bond acceptors (Lipinski definition) is 8. The molecule has 1 aromatic heterocycles. The van der Waals surface area contributed by atoms with Crippen molar-refractivity contribution < 1.29 is 24.0 Å². The average Bonchev–Trinajstić information content (AvgIpc) is 3.02. The summed E-state index contributed by atoms with van der Waals surface area (Å²) in [6.07, 6.45) is 1.03. The monoisotopic (exact) mass is 365 g/mol. The summed E-state index contributed by atoms with van der Waals surface area (Å²) >= 11 is 0.707. The van der Waals surface area contributed by atoms with E-state index < -0.39 is 23.4 Å².